The first-order chi connectivity index (χ1) is 31.0. The lowest BCUT2D eigenvalue weighted by molar-refractivity contribution is -0.384. The van der Waals surface area contributed by atoms with Gasteiger partial charge in [0.05, 0.1) is 34.8 Å². The quantitative estimate of drug-likeness (QED) is 0.0652. The summed E-state index contributed by atoms with van der Waals surface area (Å²) in [5.74, 6) is -0.542. The number of nitro groups is 1. The number of benzene rings is 3. The number of rotatable bonds is 11. The highest BCUT2D eigenvalue weighted by molar-refractivity contribution is 7.90. The normalized spacial score (nSPS) is 21.0. The van der Waals surface area contributed by atoms with Gasteiger partial charge in [-0.2, -0.15) is 0 Å². The fourth-order valence-electron chi connectivity index (χ4n) is 10.8. The molecule has 3 aliphatic carbocycles. The summed E-state index contributed by atoms with van der Waals surface area (Å²) in [5.41, 5.74) is 4.08. The van der Waals surface area contributed by atoms with Crippen molar-refractivity contribution in [3.05, 3.63) is 111 Å². The predicted octanol–water partition coefficient (Wildman–Crippen LogP) is 8.75. The number of hydrogen-bond donors (Lipinski definition) is 3. The van der Waals surface area contributed by atoms with E-state index in [1.165, 1.54) is 29.5 Å². The van der Waals surface area contributed by atoms with Crippen LogP contribution in [-0.4, -0.2) is 85.8 Å². The zero-order valence-corrected chi connectivity index (χ0v) is 37.1. The number of nitrogens with one attached hydrogen (secondary N) is 3. The molecule has 2 aromatic heterocycles. The Morgan fingerprint density at radius 2 is 1.78 bits per heavy atom. The summed E-state index contributed by atoms with van der Waals surface area (Å²) in [5, 5.41) is 17.1. The van der Waals surface area contributed by atoms with Crippen LogP contribution >= 0.6 is 11.6 Å². The molecule has 15 nitrogen and oxygen atoms in total. The molecule has 64 heavy (non-hydrogen) atoms. The van der Waals surface area contributed by atoms with Gasteiger partial charge in [-0.3, -0.25) is 19.8 Å². The van der Waals surface area contributed by atoms with Crippen LogP contribution in [0, 0.1) is 21.4 Å². The van der Waals surface area contributed by atoms with E-state index in [-0.39, 0.29) is 28.5 Å². The Balaban J connectivity index is 0.833. The molecule has 1 amide bonds. The van der Waals surface area contributed by atoms with Crippen molar-refractivity contribution in [2.75, 3.05) is 56.2 Å². The van der Waals surface area contributed by atoms with Gasteiger partial charge in [-0.1, -0.05) is 30.2 Å². The first kappa shape index (κ1) is 42.7. The van der Waals surface area contributed by atoms with Crippen molar-refractivity contribution < 1.29 is 32.3 Å². The number of amides is 1. The van der Waals surface area contributed by atoms with Crippen molar-refractivity contribution in [1.82, 2.24) is 19.6 Å². The molecule has 5 aromatic rings. The summed E-state index contributed by atoms with van der Waals surface area (Å²) in [6, 6.07) is 18.9. The zero-order chi connectivity index (χ0) is 44.1. The number of pyridine rings is 1. The van der Waals surface area contributed by atoms with Crippen LogP contribution < -0.4 is 19.7 Å². The number of nitrogens with zero attached hydrogens (tertiary/aromatic N) is 4. The Hall–Kier alpha value is -5.26. The monoisotopic (exact) mass is 909 g/mol. The van der Waals surface area contributed by atoms with Gasteiger partial charge in [0.1, 0.15) is 22.8 Å². The van der Waals surface area contributed by atoms with Crippen LogP contribution in [0.15, 0.2) is 84.0 Å². The van der Waals surface area contributed by atoms with E-state index in [0.717, 1.165) is 113 Å². The summed E-state index contributed by atoms with van der Waals surface area (Å²) in [7, 11) is -4.57. The summed E-state index contributed by atoms with van der Waals surface area (Å²) >= 11 is 6.66. The minimum atomic E-state index is -4.57. The smallest absolute Gasteiger partial charge is 0.293 e. The van der Waals surface area contributed by atoms with Gasteiger partial charge in [0, 0.05) is 86.0 Å². The van der Waals surface area contributed by atoms with Gasteiger partial charge in [0.2, 0.25) is 0 Å². The summed E-state index contributed by atoms with van der Waals surface area (Å²) in [6.45, 7) is 4.89. The van der Waals surface area contributed by atoms with Gasteiger partial charge in [0.25, 0.3) is 21.6 Å². The topological polar surface area (TPSA) is 181 Å². The van der Waals surface area contributed by atoms with Gasteiger partial charge < -0.3 is 29.4 Å². The van der Waals surface area contributed by atoms with Crippen molar-refractivity contribution in [3.8, 4) is 11.5 Å². The number of ether oxygens (including phenoxy) is 3. The summed E-state index contributed by atoms with van der Waals surface area (Å²) in [4.78, 5) is 37.5. The Bertz CT molecular complexity index is 2680. The fourth-order valence-corrected chi connectivity index (χ4v) is 12.1. The molecule has 5 aliphatic rings. The Morgan fingerprint density at radius 3 is 2.56 bits per heavy atom. The molecular formula is C47H52ClN7O8S. The van der Waals surface area contributed by atoms with Crippen LogP contribution in [0.4, 0.5) is 17.1 Å². The highest BCUT2D eigenvalue weighted by Gasteiger charge is 2.51. The molecule has 4 heterocycles. The van der Waals surface area contributed by atoms with E-state index in [2.05, 4.69) is 35.9 Å². The minimum Gasteiger partial charge on any atom is -0.455 e. The molecule has 2 saturated heterocycles. The van der Waals surface area contributed by atoms with Crippen molar-refractivity contribution in [2.24, 2.45) is 11.3 Å². The number of fused-ring (bicyclic) bond motifs is 2. The molecule has 0 unspecified atom stereocenters. The fraction of sp³-hybridized carbons (Fsp3) is 0.447. The van der Waals surface area contributed by atoms with Crippen LogP contribution in [0.1, 0.15) is 85.3 Å². The second-order valence-electron chi connectivity index (χ2n) is 18.1. The number of aromatic nitrogens is 2. The molecule has 3 N–H and O–H groups in total. The molecule has 1 atom stereocenters. The molecule has 0 bridgehead atoms. The molecule has 336 valence electrons. The maximum atomic E-state index is 14.0. The second-order valence-corrected chi connectivity index (χ2v) is 20.2. The highest BCUT2D eigenvalue weighted by atomic mass is 35.5. The first-order valence-electron chi connectivity index (χ1n) is 22.3. The maximum Gasteiger partial charge on any atom is 0.293 e. The van der Waals surface area contributed by atoms with Crippen molar-refractivity contribution in [1.29, 1.82) is 0 Å². The van der Waals surface area contributed by atoms with Crippen LogP contribution in [0.5, 0.6) is 11.5 Å². The predicted molar refractivity (Wildman–Crippen MR) is 243 cm³/mol. The molecular weight excluding hydrogens is 858 g/mol. The molecule has 2 aliphatic heterocycles. The van der Waals surface area contributed by atoms with Crippen molar-refractivity contribution in [2.45, 2.75) is 80.9 Å². The van der Waals surface area contributed by atoms with Crippen LogP contribution in [0.25, 0.3) is 11.0 Å². The van der Waals surface area contributed by atoms with E-state index in [0.29, 0.717) is 37.1 Å². The van der Waals surface area contributed by atoms with Gasteiger partial charge in [-0.15, -0.1) is 0 Å². The number of carbonyl (C=O) groups excluding carboxylic acids is 1. The lowest BCUT2D eigenvalue weighted by atomic mass is 9.55. The Kier molecular flexibility index (Phi) is 11.5. The average Bonchev–Trinajstić information content (AvgIpc) is 3.89. The number of halogens is 1. The lowest BCUT2D eigenvalue weighted by Crippen LogP contribution is -2.47. The molecule has 0 radical (unpaired) electrons. The Labute approximate surface area is 377 Å². The number of aromatic amines is 1. The maximum absolute atomic E-state index is 14.0. The van der Waals surface area contributed by atoms with E-state index in [1.807, 2.05) is 18.2 Å². The van der Waals surface area contributed by atoms with Crippen LogP contribution in [0.3, 0.4) is 0 Å². The van der Waals surface area contributed by atoms with Crippen molar-refractivity contribution >= 4 is 55.6 Å². The van der Waals surface area contributed by atoms with E-state index >= 15 is 0 Å². The number of anilines is 2. The van der Waals surface area contributed by atoms with E-state index in [1.54, 1.807) is 30.5 Å². The Morgan fingerprint density at radius 1 is 0.984 bits per heavy atom. The number of carbonyl (C=O) groups is 1. The van der Waals surface area contributed by atoms with Gasteiger partial charge in [-0.05, 0) is 110 Å². The summed E-state index contributed by atoms with van der Waals surface area (Å²) < 4.78 is 47.9. The molecule has 3 aromatic carbocycles. The molecule has 2 spiro atoms. The second kappa shape index (κ2) is 17.3. The largest absolute Gasteiger partial charge is 0.455 e. The molecule has 10 rings (SSSR count). The third-order valence-electron chi connectivity index (χ3n) is 14.2. The van der Waals surface area contributed by atoms with Crippen LogP contribution in [0.2, 0.25) is 5.02 Å². The van der Waals surface area contributed by atoms with Gasteiger partial charge in [0.15, 0.2) is 5.79 Å². The van der Waals surface area contributed by atoms with E-state index in [9.17, 15) is 23.3 Å². The highest BCUT2D eigenvalue weighted by Crippen LogP contribution is 2.57. The van der Waals surface area contributed by atoms with E-state index in [4.69, 9.17) is 25.8 Å². The number of H-pyrrole nitrogens is 1. The molecule has 17 heteroatoms. The first-order valence-corrected chi connectivity index (χ1v) is 24.2. The van der Waals surface area contributed by atoms with Gasteiger partial charge in [-0.25, -0.2) is 18.1 Å². The van der Waals surface area contributed by atoms with E-state index < -0.39 is 37.2 Å². The number of sulfonamides is 1. The third-order valence-corrected chi connectivity index (χ3v) is 15.9. The summed E-state index contributed by atoms with van der Waals surface area (Å²) in [6.07, 6.45) is 13.5. The SMILES string of the molecule is O=C(NS(=O)(=O)c1ccc(NCC2CC3(CCC4(CC3)OCCO4)C2)c([N+](=O)[O-])c1)c1ccc(N2CCN([C@@H]3CCCCc4c(Cl)cccc43)CC2)cc1Oc1cnc2[nH]ccc2c1. The van der Waals surface area contributed by atoms with Crippen molar-refractivity contribution in [3.63, 3.8) is 0 Å². The van der Waals surface area contributed by atoms with Gasteiger partial charge >= 0.3 is 0 Å². The number of piperazine rings is 1. The molecule has 2 saturated carbocycles. The lowest BCUT2D eigenvalue weighted by Gasteiger charge is -2.53. The standard InChI is InChI=1S/C47H52ClN7O8S/c48-39-6-3-5-37-36(39)4-1-2-7-41(37)54-20-18-53(19-21-54)33-8-10-38(43(25-33)63-34-24-32-12-17-49-44(32)51-30-34)45(56)52-64(59,60)35-9-11-40(42(26-35)55(57)58)50-29-31-27-46(28-31)13-15-47(16-14-46)61-22-23-62-47/h3,5-6,8-12,17,24-26,30-31,41,50H,1-2,4,7,13-16,18-23,27-29H2,(H,49,51)(H,52,56)/t41-/m1/s1. The zero-order valence-electron chi connectivity index (χ0n) is 35.5. The molecule has 4 fully saturated rings. The minimum absolute atomic E-state index is 0.0328. The third kappa shape index (κ3) is 8.53. The number of hydrogen-bond acceptors (Lipinski definition) is 12. The van der Waals surface area contributed by atoms with Crippen LogP contribution in [-0.2, 0) is 25.9 Å². The number of nitro benzene ring substituents is 1. The average molecular weight is 910 g/mol.